The Hall–Kier alpha value is -2.64. The quantitative estimate of drug-likeness (QED) is 0.585. The van der Waals surface area contributed by atoms with E-state index in [0.29, 0.717) is 18.7 Å². The van der Waals surface area contributed by atoms with E-state index in [1.807, 2.05) is 44.2 Å². The summed E-state index contributed by atoms with van der Waals surface area (Å²) in [5.74, 6) is -1.09. The zero-order valence-electron chi connectivity index (χ0n) is 16.3. The summed E-state index contributed by atoms with van der Waals surface area (Å²) in [5.41, 5.74) is 1.78. The van der Waals surface area contributed by atoms with Crippen LogP contribution in [0.4, 0.5) is 0 Å². The lowest BCUT2D eigenvalue weighted by Crippen LogP contribution is -2.49. The van der Waals surface area contributed by atoms with Crippen LogP contribution in [-0.2, 0) is 25.4 Å². The number of esters is 2. The number of hydrogen-bond donors (Lipinski definition) is 0. The number of benzene rings is 2. The molecule has 0 saturated carbocycles. The highest BCUT2D eigenvalue weighted by molar-refractivity contribution is 6.63. The number of methoxy groups -OCH3 is 1. The summed E-state index contributed by atoms with van der Waals surface area (Å²) in [4.78, 5) is 24.7. The smallest absolute Gasteiger partial charge is 0.465 e. The molecule has 28 heavy (non-hydrogen) atoms. The van der Waals surface area contributed by atoms with Crippen LogP contribution in [0, 0.1) is 5.41 Å². The summed E-state index contributed by atoms with van der Waals surface area (Å²) in [7, 11) is 0.595. The standard InChI is InChI=1S/C21H23BO6/c1-21(2)13-27-22(28-14-21)18-10-9-16(19(23)25-3)11-17(18)20(24)26-12-15-7-5-4-6-8-15/h4-11H,12-14H2,1-3H3. The molecule has 1 heterocycles. The van der Waals surface area contributed by atoms with Crippen LogP contribution in [-0.4, -0.2) is 39.4 Å². The fraction of sp³-hybridized carbons (Fsp3) is 0.333. The van der Waals surface area contributed by atoms with Gasteiger partial charge in [-0.05, 0) is 23.2 Å². The van der Waals surface area contributed by atoms with Gasteiger partial charge in [-0.15, -0.1) is 0 Å². The van der Waals surface area contributed by atoms with E-state index in [1.165, 1.54) is 13.2 Å². The molecule has 146 valence electrons. The highest BCUT2D eigenvalue weighted by Crippen LogP contribution is 2.22. The van der Waals surface area contributed by atoms with Gasteiger partial charge in [0.05, 0.1) is 18.2 Å². The molecule has 1 aliphatic heterocycles. The molecular weight excluding hydrogens is 359 g/mol. The molecule has 1 saturated heterocycles. The molecule has 0 bridgehead atoms. The fourth-order valence-corrected chi connectivity index (χ4v) is 2.86. The molecule has 0 aliphatic carbocycles. The largest absolute Gasteiger partial charge is 0.494 e. The Kier molecular flexibility index (Phi) is 6.16. The molecule has 3 rings (SSSR count). The van der Waals surface area contributed by atoms with Crippen LogP contribution in [0.25, 0.3) is 0 Å². The number of hydrogen-bond acceptors (Lipinski definition) is 6. The fourth-order valence-electron chi connectivity index (χ4n) is 2.86. The van der Waals surface area contributed by atoms with Crippen molar-refractivity contribution in [1.82, 2.24) is 0 Å². The third-order valence-corrected chi connectivity index (χ3v) is 4.41. The summed E-state index contributed by atoms with van der Waals surface area (Å²) in [6, 6.07) is 14.1. The van der Waals surface area contributed by atoms with Crippen molar-refractivity contribution >= 4 is 24.5 Å². The van der Waals surface area contributed by atoms with Gasteiger partial charge in [0.2, 0.25) is 0 Å². The van der Waals surface area contributed by atoms with Crippen LogP contribution in [0.2, 0.25) is 0 Å². The number of rotatable bonds is 5. The van der Waals surface area contributed by atoms with E-state index in [0.717, 1.165) is 5.56 Å². The maximum absolute atomic E-state index is 12.8. The molecule has 0 radical (unpaired) electrons. The monoisotopic (exact) mass is 382 g/mol. The first-order valence-corrected chi connectivity index (χ1v) is 9.06. The van der Waals surface area contributed by atoms with Crippen molar-refractivity contribution in [2.24, 2.45) is 5.41 Å². The third kappa shape index (κ3) is 4.80. The normalized spacial score (nSPS) is 15.8. The van der Waals surface area contributed by atoms with Crippen LogP contribution in [0.3, 0.4) is 0 Å². The van der Waals surface area contributed by atoms with Gasteiger partial charge < -0.3 is 18.8 Å². The number of ether oxygens (including phenoxy) is 2. The molecule has 0 atom stereocenters. The Morgan fingerprint density at radius 1 is 1.04 bits per heavy atom. The Morgan fingerprint density at radius 2 is 1.71 bits per heavy atom. The molecule has 0 spiro atoms. The Morgan fingerprint density at radius 3 is 2.36 bits per heavy atom. The summed E-state index contributed by atoms with van der Waals surface area (Å²) in [6.45, 7) is 5.20. The van der Waals surface area contributed by atoms with Crippen molar-refractivity contribution in [3.63, 3.8) is 0 Å². The second-order valence-electron chi connectivity index (χ2n) is 7.47. The van der Waals surface area contributed by atoms with Crippen molar-refractivity contribution in [1.29, 1.82) is 0 Å². The lowest BCUT2D eigenvalue weighted by Gasteiger charge is -2.33. The minimum absolute atomic E-state index is 0.101. The molecular formula is C21H23BO6. The summed E-state index contributed by atoms with van der Waals surface area (Å²) < 4.78 is 21.8. The molecule has 0 amide bonds. The van der Waals surface area contributed by atoms with Crippen molar-refractivity contribution in [3.8, 4) is 0 Å². The number of carbonyl (C=O) groups excluding carboxylic acids is 2. The second kappa shape index (κ2) is 8.58. The minimum Gasteiger partial charge on any atom is -0.465 e. The van der Waals surface area contributed by atoms with Gasteiger partial charge in [0.15, 0.2) is 0 Å². The molecule has 6 nitrogen and oxygen atoms in total. The van der Waals surface area contributed by atoms with Crippen molar-refractivity contribution in [2.75, 3.05) is 20.3 Å². The molecule has 1 fully saturated rings. The van der Waals surface area contributed by atoms with Crippen molar-refractivity contribution in [2.45, 2.75) is 20.5 Å². The van der Waals surface area contributed by atoms with Gasteiger partial charge in [-0.2, -0.15) is 0 Å². The van der Waals surface area contributed by atoms with E-state index in [4.69, 9.17) is 18.8 Å². The predicted octanol–water partition coefficient (Wildman–Crippen LogP) is 2.60. The highest BCUT2D eigenvalue weighted by atomic mass is 16.6. The van der Waals surface area contributed by atoms with Gasteiger partial charge in [0.25, 0.3) is 0 Å². The Balaban J connectivity index is 1.85. The van der Waals surface area contributed by atoms with Gasteiger partial charge >= 0.3 is 19.1 Å². The number of carbonyl (C=O) groups is 2. The molecule has 0 aromatic heterocycles. The summed E-state index contributed by atoms with van der Waals surface area (Å²) >= 11 is 0. The first-order valence-electron chi connectivity index (χ1n) is 9.06. The van der Waals surface area contributed by atoms with Crippen molar-refractivity contribution in [3.05, 3.63) is 65.2 Å². The van der Waals surface area contributed by atoms with Gasteiger partial charge in [-0.1, -0.05) is 50.2 Å². The molecule has 2 aromatic carbocycles. The van der Waals surface area contributed by atoms with Crippen LogP contribution < -0.4 is 5.46 Å². The maximum Gasteiger partial charge on any atom is 0.494 e. The summed E-state index contributed by atoms with van der Waals surface area (Å²) in [5, 5.41) is 0. The predicted molar refractivity (Wildman–Crippen MR) is 104 cm³/mol. The molecule has 0 N–H and O–H groups in total. The molecule has 0 unspecified atom stereocenters. The Bertz CT molecular complexity index is 839. The average Bonchev–Trinajstić information content (AvgIpc) is 2.72. The summed E-state index contributed by atoms with van der Waals surface area (Å²) in [6.07, 6.45) is 0. The first-order chi connectivity index (χ1) is 13.4. The Labute approximate surface area is 164 Å². The van der Waals surface area contributed by atoms with Gasteiger partial charge in [-0.25, -0.2) is 9.59 Å². The van der Waals surface area contributed by atoms with Gasteiger partial charge in [0.1, 0.15) is 6.61 Å². The zero-order valence-corrected chi connectivity index (χ0v) is 16.3. The average molecular weight is 382 g/mol. The first kappa shape index (κ1) is 20.1. The van der Waals surface area contributed by atoms with Gasteiger partial charge in [0, 0.05) is 18.6 Å². The van der Waals surface area contributed by atoms with Crippen molar-refractivity contribution < 1.29 is 28.4 Å². The molecule has 2 aromatic rings. The highest BCUT2D eigenvalue weighted by Gasteiger charge is 2.36. The van der Waals surface area contributed by atoms with E-state index in [-0.39, 0.29) is 23.1 Å². The zero-order chi connectivity index (χ0) is 20.1. The lowest BCUT2D eigenvalue weighted by molar-refractivity contribution is 0.0336. The van der Waals surface area contributed by atoms with Crippen LogP contribution >= 0.6 is 0 Å². The third-order valence-electron chi connectivity index (χ3n) is 4.41. The molecule has 1 aliphatic rings. The van der Waals surface area contributed by atoms with E-state index < -0.39 is 19.1 Å². The van der Waals surface area contributed by atoms with E-state index in [2.05, 4.69) is 0 Å². The second-order valence-corrected chi connectivity index (χ2v) is 7.47. The van der Waals surface area contributed by atoms with Crippen LogP contribution in [0.5, 0.6) is 0 Å². The maximum atomic E-state index is 12.8. The lowest BCUT2D eigenvalue weighted by atomic mass is 9.73. The van der Waals surface area contributed by atoms with E-state index in [9.17, 15) is 9.59 Å². The SMILES string of the molecule is COC(=O)c1ccc(B2OCC(C)(C)CO2)c(C(=O)OCc2ccccc2)c1. The minimum atomic E-state index is -0.695. The van der Waals surface area contributed by atoms with Crippen LogP contribution in [0.1, 0.15) is 40.1 Å². The topological polar surface area (TPSA) is 71.1 Å². The van der Waals surface area contributed by atoms with E-state index >= 15 is 0 Å². The van der Waals surface area contributed by atoms with Crippen LogP contribution in [0.15, 0.2) is 48.5 Å². The van der Waals surface area contributed by atoms with Gasteiger partial charge in [-0.3, -0.25) is 0 Å². The molecule has 7 heteroatoms. The van der Waals surface area contributed by atoms with E-state index in [1.54, 1.807) is 12.1 Å².